The second-order valence-corrected chi connectivity index (χ2v) is 2.60. The van der Waals surface area contributed by atoms with Crippen LogP contribution in [0.3, 0.4) is 0 Å². The first-order valence-corrected chi connectivity index (χ1v) is 4.65. The molecule has 2 unspecified atom stereocenters. The van der Waals surface area contributed by atoms with Crippen molar-refractivity contribution in [3.63, 3.8) is 0 Å². The highest BCUT2D eigenvalue weighted by atomic mass is 19.1. The van der Waals surface area contributed by atoms with Crippen molar-refractivity contribution < 1.29 is 23.4 Å². The summed E-state index contributed by atoms with van der Waals surface area (Å²) >= 11 is 0. The Hall–Kier alpha value is -0.680. The van der Waals surface area contributed by atoms with Gasteiger partial charge in [-0.05, 0) is 20.8 Å². The van der Waals surface area contributed by atoms with Gasteiger partial charge in [-0.1, -0.05) is 0 Å². The van der Waals surface area contributed by atoms with Crippen LogP contribution in [0.1, 0.15) is 20.8 Å². The smallest absolute Gasteiger partial charge is 0.342 e. The van der Waals surface area contributed by atoms with E-state index in [9.17, 15) is 9.18 Å². The van der Waals surface area contributed by atoms with Crippen molar-refractivity contribution in [2.75, 3.05) is 19.8 Å². The van der Waals surface area contributed by atoms with Gasteiger partial charge in [0.05, 0.1) is 0 Å². The van der Waals surface area contributed by atoms with Crippen LogP contribution in [-0.2, 0) is 19.0 Å². The summed E-state index contributed by atoms with van der Waals surface area (Å²) in [6, 6.07) is 0. The van der Waals surface area contributed by atoms with E-state index in [4.69, 9.17) is 14.2 Å². The maximum atomic E-state index is 12.4. The zero-order valence-corrected chi connectivity index (χ0v) is 8.79. The Balaban J connectivity index is 3.88. The Labute approximate surface area is 83.3 Å². The predicted octanol–water partition coefficient (Wildman–Crippen LogP) is 1.29. The van der Waals surface area contributed by atoms with Crippen LogP contribution in [0.4, 0.5) is 4.39 Å². The Morgan fingerprint density at radius 3 is 2.43 bits per heavy atom. The van der Waals surface area contributed by atoms with E-state index in [2.05, 4.69) is 0 Å². The highest BCUT2D eigenvalue weighted by Crippen LogP contribution is 2.01. The summed E-state index contributed by atoms with van der Waals surface area (Å²) in [5.74, 6) is -0.928. The van der Waals surface area contributed by atoms with Crippen molar-refractivity contribution in [2.45, 2.75) is 33.2 Å². The molecule has 0 aliphatic rings. The summed E-state index contributed by atoms with van der Waals surface area (Å²) in [5.41, 5.74) is 0. The Morgan fingerprint density at radius 2 is 2.00 bits per heavy atom. The molecule has 0 saturated heterocycles. The van der Waals surface area contributed by atoms with Gasteiger partial charge in [-0.3, -0.25) is 0 Å². The summed E-state index contributed by atoms with van der Waals surface area (Å²) in [6.45, 7) is 5.68. The molecule has 0 fully saturated rings. The molecule has 2 atom stereocenters. The fourth-order valence-electron chi connectivity index (χ4n) is 0.739. The first-order chi connectivity index (χ1) is 6.61. The average molecular weight is 208 g/mol. The first kappa shape index (κ1) is 13.3. The quantitative estimate of drug-likeness (QED) is 0.467. The van der Waals surface area contributed by atoms with Crippen molar-refractivity contribution in [2.24, 2.45) is 0 Å². The molecule has 0 aliphatic carbocycles. The molecule has 84 valence electrons. The van der Waals surface area contributed by atoms with Gasteiger partial charge in [0.25, 0.3) is 0 Å². The van der Waals surface area contributed by atoms with Crippen LogP contribution in [0.2, 0.25) is 0 Å². The fourth-order valence-corrected chi connectivity index (χ4v) is 0.739. The maximum Gasteiger partial charge on any atom is 0.342 e. The minimum absolute atomic E-state index is 0.128. The topological polar surface area (TPSA) is 44.8 Å². The van der Waals surface area contributed by atoms with Crippen LogP contribution in [0.25, 0.3) is 0 Å². The van der Waals surface area contributed by atoms with Crippen molar-refractivity contribution in [3.8, 4) is 0 Å². The van der Waals surface area contributed by atoms with Gasteiger partial charge in [-0.2, -0.15) is 0 Å². The number of hydrogen-bond acceptors (Lipinski definition) is 4. The number of esters is 1. The fraction of sp³-hybridized carbons (Fsp3) is 0.889. The van der Waals surface area contributed by atoms with Crippen molar-refractivity contribution in [1.29, 1.82) is 0 Å². The van der Waals surface area contributed by atoms with Crippen molar-refractivity contribution in [3.05, 3.63) is 0 Å². The molecule has 0 aromatic carbocycles. The molecule has 0 rings (SSSR count). The summed E-state index contributed by atoms with van der Waals surface area (Å²) in [4.78, 5) is 10.9. The van der Waals surface area contributed by atoms with E-state index in [1.807, 2.05) is 6.92 Å². The SMILES string of the molecule is CCOCC(OCC)OC(=O)C(C)F. The standard InChI is InChI=1S/C9H17FO4/c1-4-12-6-8(13-5-2)14-9(11)7(3)10/h7-8H,4-6H2,1-3H3. The lowest BCUT2D eigenvalue weighted by Gasteiger charge is -2.17. The third-order valence-electron chi connectivity index (χ3n) is 1.38. The van der Waals surface area contributed by atoms with E-state index < -0.39 is 18.4 Å². The van der Waals surface area contributed by atoms with Gasteiger partial charge in [0, 0.05) is 13.2 Å². The number of alkyl halides is 1. The van der Waals surface area contributed by atoms with Gasteiger partial charge >= 0.3 is 5.97 Å². The molecule has 5 heteroatoms. The number of halogens is 1. The molecule has 0 aromatic heterocycles. The molecule has 0 radical (unpaired) electrons. The van der Waals surface area contributed by atoms with Crippen LogP contribution < -0.4 is 0 Å². The Bertz CT molecular complexity index is 161. The largest absolute Gasteiger partial charge is 0.431 e. The molecule has 0 aromatic rings. The highest BCUT2D eigenvalue weighted by molar-refractivity contribution is 5.74. The molecule has 0 heterocycles. The molecule has 0 bridgehead atoms. The zero-order chi connectivity index (χ0) is 11.0. The van der Waals surface area contributed by atoms with Crippen LogP contribution >= 0.6 is 0 Å². The minimum atomic E-state index is -1.64. The number of carbonyl (C=O) groups is 1. The number of carbonyl (C=O) groups excluding carboxylic acids is 1. The van der Waals surface area contributed by atoms with E-state index in [-0.39, 0.29) is 6.61 Å². The van der Waals surface area contributed by atoms with Gasteiger partial charge in [0.1, 0.15) is 6.61 Å². The van der Waals surface area contributed by atoms with E-state index in [0.717, 1.165) is 6.92 Å². The van der Waals surface area contributed by atoms with E-state index >= 15 is 0 Å². The molecule has 0 aliphatic heterocycles. The maximum absolute atomic E-state index is 12.4. The first-order valence-electron chi connectivity index (χ1n) is 4.65. The molecule has 0 N–H and O–H groups in total. The van der Waals surface area contributed by atoms with Gasteiger partial charge < -0.3 is 14.2 Å². The zero-order valence-electron chi connectivity index (χ0n) is 8.79. The third kappa shape index (κ3) is 5.88. The lowest BCUT2D eigenvalue weighted by molar-refractivity contribution is -0.193. The van der Waals surface area contributed by atoms with Crippen LogP contribution in [0.5, 0.6) is 0 Å². The summed E-state index contributed by atoms with van der Waals surface area (Å²) in [7, 11) is 0. The van der Waals surface area contributed by atoms with Gasteiger partial charge in [0.15, 0.2) is 6.17 Å². The average Bonchev–Trinajstić information content (AvgIpc) is 2.14. The lowest BCUT2D eigenvalue weighted by Crippen LogP contribution is -2.29. The van der Waals surface area contributed by atoms with Gasteiger partial charge in [-0.15, -0.1) is 0 Å². The molecule has 0 amide bonds. The van der Waals surface area contributed by atoms with Crippen molar-refractivity contribution >= 4 is 5.97 Å². The molecule has 4 nitrogen and oxygen atoms in total. The normalized spacial score (nSPS) is 14.9. The minimum Gasteiger partial charge on any atom is -0.431 e. The molecule has 0 saturated carbocycles. The number of rotatable bonds is 7. The summed E-state index contributed by atoms with van der Waals surface area (Å²) in [6.07, 6.45) is -2.45. The number of ether oxygens (including phenoxy) is 3. The second-order valence-electron chi connectivity index (χ2n) is 2.60. The van der Waals surface area contributed by atoms with Crippen LogP contribution in [0, 0.1) is 0 Å². The second kappa shape index (κ2) is 7.70. The highest BCUT2D eigenvalue weighted by Gasteiger charge is 2.19. The van der Waals surface area contributed by atoms with Crippen LogP contribution in [0.15, 0.2) is 0 Å². The molecular weight excluding hydrogens is 191 g/mol. The van der Waals surface area contributed by atoms with E-state index in [1.165, 1.54) is 0 Å². The van der Waals surface area contributed by atoms with Crippen molar-refractivity contribution in [1.82, 2.24) is 0 Å². The van der Waals surface area contributed by atoms with E-state index in [0.29, 0.717) is 13.2 Å². The lowest BCUT2D eigenvalue weighted by atomic mass is 10.4. The molecule has 14 heavy (non-hydrogen) atoms. The Morgan fingerprint density at radius 1 is 1.36 bits per heavy atom. The van der Waals surface area contributed by atoms with Crippen LogP contribution in [-0.4, -0.2) is 38.3 Å². The van der Waals surface area contributed by atoms with Gasteiger partial charge in [0.2, 0.25) is 6.29 Å². The molecular formula is C9H17FO4. The summed E-state index contributed by atoms with van der Waals surface area (Å²) in [5, 5.41) is 0. The summed E-state index contributed by atoms with van der Waals surface area (Å²) < 4.78 is 27.2. The van der Waals surface area contributed by atoms with Gasteiger partial charge in [-0.25, -0.2) is 9.18 Å². The third-order valence-corrected chi connectivity index (χ3v) is 1.38. The predicted molar refractivity (Wildman–Crippen MR) is 48.6 cm³/mol. The van der Waals surface area contributed by atoms with E-state index in [1.54, 1.807) is 6.92 Å². The monoisotopic (exact) mass is 208 g/mol. The Kier molecular flexibility index (Phi) is 7.32. The molecule has 0 spiro atoms. The number of hydrogen-bond donors (Lipinski definition) is 0.